The van der Waals surface area contributed by atoms with Crippen molar-refractivity contribution in [1.29, 1.82) is 0 Å². The summed E-state index contributed by atoms with van der Waals surface area (Å²) in [7, 11) is 0. The molecule has 1 aliphatic rings. The van der Waals surface area contributed by atoms with Gasteiger partial charge in [0.1, 0.15) is 11.5 Å². The van der Waals surface area contributed by atoms with E-state index >= 15 is 0 Å². The van der Waals surface area contributed by atoms with Crippen molar-refractivity contribution in [2.24, 2.45) is 5.92 Å². The Morgan fingerprint density at radius 1 is 1.21 bits per heavy atom. The first-order chi connectivity index (χ1) is 11.3. The molecule has 134 valence electrons. The minimum atomic E-state index is 0.0811. The summed E-state index contributed by atoms with van der Waals surface area (Å²) in [6.07, 6.45) is 8.43. The van der Waals surface area contributed by atoms with Crippen molar-refractivity contribution in [3.63, 3.8) is 0 Å². The molecular weight excluding hydrogens is 296 g/mol. The molecule has 1 saturated carbocycles. The summed E-state index contributed by atoms with van der Waals surface area (Å²) in [5, 5.41) is 10.6. The average molecular weight is 331 g/mol. The summed E-state index contributed by atoms with van der Waals surface area (Å²) < 4.78 is 0. The lowest BCUT2D eigenvalue weighted by Gasteiger charge is -2.30. The summed E-state index contributed by atoms with van der Waals surface area (Å²) in [6, 6.07) is 6.18. The number of phenols is 1. The summed E-state index contributed by atoms with van der Waals surface area (Å²) in [4.78, 5) is 11.8. The highest BCUT2D eigenvalue weighted by molar-refractivity contribution is 5.80. The SMILES string of the molecule is CCCCCCC(C)(C)c1ccc([C@@H]2CC(=O)CC[C@@H]2C)c(O)c1. The number of phenolic OH excluding ortho intramolecular Hbond substituents is 1. The Balaban J connectivity index is 2.12. The molecule has 0 amide bonds. The summed E-state index contributed by atoms with van der Waals surface area (Å²) in [6.45, 7) is 8.96. The van der Waals surface area contributed by atoms with Crippen LogP contribution in [0.2, 0.25) is 0 Å². The number of carbonyl (C=O) groups excluding carboxylic acids is 1. The molecule has 0 bridgehead atoms. The van der Waals surface area contributed by atoms with Crippen molar-refractivity contribution in [1.82, 2.24) is 0 Å². The zero-order valence-electron chi connectivity index (χ0n) is 15.9. The number of benzene rings is 1. The van der Waals surface area contributed by atoms with Crippen LogP contribution in [0.5, 0.6) is 5.75 Å². The van der Waals surface area contributed by atoms with Crippen LogP contribution >= 0.6 is 0 Å². The molecule has 1 aromatic rings. The maximum absolute atomic E-state index is 11.8. The second-order valence-corrected chi connectivity index (χ2v) is 8.33. The Bertz CT molecular complexity index is 559. The van der Waals surface area contributed by atoms with Gasteiger partial charge < -0.3 is 5.11 Å². The molecule has 2 nitrogen and oxygen atoms in total. The lowest BCUT2D eigenvalue weighted by molar-refractivity contribution is -0.121. The fourth-order valence-electron chi connectivity index (χ4n) is 3.97. The van der Waals surface area contributed by atoms with Gasteiger partial charge in [-0.2, -0.15) is 0 Å². The molecule has 0 aliphatic heterocycles. The maximum Gasteiger partial charge on any atom is 0.133 e. The number of rotatable bonds is 7. The molecule has 2 atom stereocenters. The molecule has 2 rings (SSSR count). The molecule has 2 heteroatoms. The molecule has 1 N–H and O–H groups in total. The van der Waals surface area contributed by atoms with Gasteiger partial charge in [-0.15, -0.1) is 0 Å². The Morgan fingerprint density at radius 2 is 1.96 bits per heavy atom. The minimum Gasteiger partial charge on any atom is -0.508 e. The third-order valence-corrected chi connectivity index (χ3v) is 5.88. The quantitative estimate of drug-likeness (QED) is 0.612. The fourth-order valence-corrected chi connectivity index (χ4v) is 3.97. The van der Waals surface area contributed by atoms with Gasteiger partial charge in [-0.05, 0) is 47.3 Å². The van der Waals surface area contributed by atoms with E-state index in [-0.39, 0.29) is 11.3 Å². The van der Waals surface area contributed by atoms with E-state index in [2.05, 4.69) is 39.8 Å². The largest absolute Gasteiger partial charge is 0.508 e. The average Bonchev–Trinajstić information content (AvgIpc) is 2.54. The molecule has 1 aromatic carbocycles. The van der Waals surface area contributed by atoms with Gasteiger partial charge >= 0.3 is 0 Å². The maximum atomic E-state index is 11.8. The molecule has 0 radical (unpaired) electrons. The van der Waals surface area contributed by atoms with Crippen molar-refractivity contribution < 1.29 is 9.90 Å². The van der Waals surface area contributed by atoms with E-state index in [9.17, 15) is 9.90 Å². The molecule has 0 saturated heterocycles. The highest BCUT2D eigenvalue weighted by atomic mass is 16.3. The lowest BCUT2D eigenvalue weighted by atomic mass is 9.74. The number of Topliss-reactive ketones (excluding diaryl/α,β-unsaturated/α-hetero) is 1. The number of aromatic hydroxyl groups is 1. The highest BCUT2D eigenvalue weighted by Crippen LogP contribution is 2.41. The van der Waals surface area contributed by atoms with E-state index < -0.39 is 0 Å². The number of carbonyl (C=O) groups is 1. The smallest absolute Gasteiger partial charge is 0.133 e. The molecule has 1 aliphatic carbocycles. The Morgan fingerprint density at radius 3 is 2.62 bits per heavy atom. The van der Waals surface area contributed by atoms with E-state index in [0.717, 1.165) is 18.4 Å². The monoisotopic (exact) mass is 330 g/mol. The zero-order chi connectivity index (χ0) is 17.7. The van der Waals surface area contributed by atoms with Gasteiger partial charge in [0.15, 0.2) is 0 Å². The van der Waals surface area contributed by atoms with Crippen molar-refractivity contribution >= 4 is 5.78 Å². The molecular formula is C22H34O2. The first-order valence-electron chi connectivity index (χ1n) is 9.70. The predicted octanol–water partition coefficient (Wildman–Crippen LogP) is 6.11. The number of hydrogen-bond acceptors (Lipinski definition) is 2. The van der Waals surface area contributed by atoms with Crippen LogP contribution in [0.15, 0.2) is 18.2 Å². The van der Waals surface area contributed by atoms with Gasteiger partial charge in [-0.3, -0.25) is 4.79 Å². The minimum absolute atomic E-state index is 0.0811. The van der Waals surface area contributed by atoms with E-state index in [1.54, 1.807) is 0 Å². The van der Waals surface area contributed by atoms with Crippen LogP contribution in [0.25, 0.3) is 0 Å². The van der Waals surface area contributed by atoms with Crippen LogP contribution in [0.4, 0.5) is 0 Å². The van der Waals surface area contributed by atoms with Gasteiger partial charge in [-0.25, -0.2) is 0 Å². The highest BCUT2D eigenvalue weighted by Gasteiger charge is 2.30. The Kier molecular flexibility index (Phi) is 6.48. The first kappa shape index (κ1) is 19.0. The summed E-state index contributed by atoms with van der Waals surface area (Å²) >= 11 is 0. The van der Waals surface area contributed by atoms with Crippen LogP contribution in [0.1, 0.15) is 96.1 Å². The van der Waals surface area contributed by atoms with Crippen LogP contribution in [-0.4, -0.2) is 10.9 Å². The van der Waals surface area contributed by atoms with Crippen LogP contribution < -0.4 is 0 Å². The number of unbranched alkanes of at least 4 members (excludes halogenated alkanes) is 3. The fraction of sp³-hybridized carbons (Fsp3) is 0.682. The third-order valence-electron chi connectivity index (χ3n) is 5.88. The molecule has 1 fully saturated rings. The molecule has 0 unspecified atom stereocenters. The lowest BCUT2D eigenvalue weighted by Crippen LogP contribution is -2.22. The van der Waals surface area contributed by atoms with E-state index in [0.29, 0.717) is 30.3 Å². The first-order valence-corrected chi connectivity index (χ1v) is 9.70. The molecule has 0 heterocycles. The predicted molar refractivity (Wildman–Crippen MR) is 101 cm³/mol. The topological polar surface area (TPSA) is 37.3 Å². The van der Waals surface area contributed by atoms with Crippen molar-refractivity contribution in [3.05, 3.63) is 29.3 Å². The van der Waals surface area contributed by atoms with Crippen molar-refractivity contribution in [3.8, 4) is 5.75 Å². The van der Waals surface area contributed by atoms with Gasteiger partial charge in [0.25, 0.3) is 0 Å². The zero-order valence-corrected chi connectivity index (χ0v) is 15.9. The Hall–Kier alpha value is -1.31. The summed E-state index contributed by atoms with van der Waals surface area (Å²) in [5.74, 6) is 1.34. The molecule has 0 aromatic heterocycles. The van der Waals surface area contributed by atoms with E-state index in [1.807, 2.05) is 6.07 Å². The second-order valence-electron chi connectivity index (χ2n) is 8.33. The van der Waals surface area contributed by atoms with Gasteiger partial charge in [-0.1, -0.05) is 65.5 Å². The van der Waals surface area contributed by atoms with Crippen LogP contribution in [0, 0.1) is 5.92 Å². The van der Waals surface area contributed by atoms with E-state index in [1.165, 1.54) is 31.2 Å². The third kappa shape index (κ3) is 4.62. The van der Waals surface area contributed by atoms with Gasteiger partial charge in [0.2, 0.25) is 0 Å². The number of ketones is 1. The van der Waals surface area contributed by atoms with E-state index in [4.69, 9.17) is 0 Å². The normalized spacial score (nSPS) is 21.9. The standard InChI is InChI=1S/C22H34O2/c1-5-6-7-8-13-22(3,4)17-10-12-19(21(24)14-17)20-15-18(23)11-9-16(20)2/h10,12,14,16,20,24H,5-9,11,13,15H2,1-4H3/t16-,20+/m0/s1. The molecule has 24 heavy (non-hydrogen) atoms. The number of hydrogen-bond donors (Lipinski definition) is 1. The van der Waals surface area contributed by atoms with Gasteiger partial charge in [0.05, 0.1) is 0 Å². The second kappa shape index (κ2) is 8.18. The van der Waals surface area contributed by atoms with Crippen molar-refractivity contribution in [2.75, 3.05) is 0 Å². The summed E-state index contributed by atoms with van der Waals surface area (Å²) in [5.41, 5.74) is 2.24. The molecule has 0 spiro atoms. The van der Waals surface area contributed by atoms with Crippen molar-refractivity contribution in [2.45, 2.75) is 90.4 Å². The van der Waals surface area contributed by atoms with Gasteiger partial charge in [0, 0.05) is 12.8 Å². The Labute approximate surface area is 147 Å². The van der Waals surface area contributed by atoms with Crippen LogP contribution in [0.3, 0.4) is 0 Å². The van der Waals surface area contributed by atoms with Crippen LogP contribution in [-0.2, 0) is 10.2 Å².